The minimum absolute atomic E-state index is 0.155. The van der Waals surface area contributed by atoms with E-state index in [2.05, 4.69) is 26.2 Å². The lowest BCUT2D eigenvalue weighted by atomic mass is 10.3. The molecule has 90 valence electrons. The molecule has 0 aromatic carbocycles. The second-order valence-corrected chi connectivity index (χ2v) is 4.41. The van der Waals surface area contributed by atoms with Gasteiger partial charge in [0.05, 0.1) is 18.5 Å². The maximum absolute atomic E-state index is 11.9. The van der Waals surface area contributed by atoms with Crippen molar-refractivity contribution in [1.29, 1.82) is 0 Å². The Morgan fingerprint density at radius 1 is 1.53 bits per heavy atom. The van der Waals surface area contributed by atoms with Crippen molar-refractivity contribution in [3.05, 3.63) is 22.9 Å². The van der Waals surface area contributed by atoms with Crippen LogP contribution in [0.25, 0.3) is 0 Å². The molecule has 3 amide bonds. The van der Waals surface area contributed by atoms with Crippen LogP contribution >= 0.6 is 15.9 Å². The predicted molar refractivity (Wildman–Crippen MR) is 63.6 cm³/mol. The smallest absolute Gasteiger partial charge is 0.329 e. The van der Waals surface area contributed by atoms with E-state index in [1.54, 1.807) is 12.3 Å². The number of amides is 3. The number of pyridine rings is 1. The van der Waals surface area contributed by atoms with E-state index in [-0.39, 0.29) is 12.5 Å². The van der Waals surface area contributed by atoms with Crippen molar-refractivity contribution in [2.75, 3.05) is 18.6 Å². The zero-order chi connectivity index (χ0) is 12.4. The number of aromatic nitrogens is 1. The van der Waals surface area contributed by atoms with Crippen molar-refractivity contribution < 1.29 is 14.3 Å². The zero-order valence-corrected chi connectivity index (χ0v) is 10.6. The Morgan fingerprint density at radius 3 is 2.94 bits per heavy atom. The van der Waals surface area contributed by atoms with Gasteiger partial charge >= 0.3 is 6.03 Å². The summed E-state index contributed by atoms with van der Waals surface area (Å²) in [6.45, 7) is 0.155. The quantitative estimate of drug-likeness (QED) is 0.842. The summed E-state index contributed by atoms with van der Waals surface area (Å²) < 4.78 is 5.57. The van der Waals surface area contributed by atoms with E-state index < -0.39 is 12.1 Å². The third-order valence-electron chi connectivity index (χ3n) is 2.30. The van der Waals surface area contributed by atoms with Crippen molar-refractivity contribution in [3.63, 3.8) is 0 Å². The number of hydrogen-bond acceptors (Lipinski definition) is 4. The number of anilines is 1. The van der Waals surface area contributed by atoms with Crippen LogP contribution in [0.5, 0.6) is 0 Å². The fourth-order valence-corrected chi connectivity index (χ4v) is 1.93. The zero-order valence-electron chi connectivity index (χ0n) is 9.01. The monoisotopic (exact) mass is 299 g/mol. The fraction of sp³-hybridized carbons (Fsp3) is 0.300. The Bertz CT molecular complexity index is 466. The molecule has 1 fully saturated rings. The van der Waals surface area contributed by atoms with Gasteiger partial charge in [-0.15, -0.1) is 0 Å². The molecule has 1 aliphatic rings. The van der Waals surface area contributed by atoms with E-state index in [4.69, 9.17) is 4.74 Å². The Hall–Kier alpha value is -1.47. The van der Waals surface area contributed by atoms with Gasteiger partial charge in [0.1, 0.15) is 6.04 Å². The molecule has 1 aromatic heterocycles. The third-order valence-corrected chi connectivity index (χ3v) is 2.73. The molecule has 2 heterocycles. The van der Waals surface area contributed by atoms with E-state index in [0.29, 0.717) is 10.2 Å². The molecule has 17 heavy (non-hydrogen) atoms. The highest BCUT2D eigenvalue weighted by Gasteiger charge is 2.39. The summed E-state index contributed by atoms with van der Waals surface area (Å²) in [7, 11) is 1.47. The van der Waals surface area contributed by atoms with Gasteiger partial charge in [-0.2, -0.15) is 0 Å². The molecular weight excluding hydrogens is 290 g/mol. The second-order valence-electron chi connectivity index (χ2n) is 3.49. The molecule has 0 bridgehead atoms. The normalized spacial score (nSPS) is 19.6. The number of halogens is 1. The SMILES string of the molecule is COCC1NC(=O)N(c2cncc(Br)c2)C1=O. The van der Waals surface area contributed by atoms with Gasteiger partial charge in [-0.3, -0.25) is 9.78 Å². The Morgan fingerprint density at radius 2 is 2.29 bits per heavy atom. The predicted octanol–water partition coefficient (Wildman–Crippen LogP) is 0.915. The number of nitrogens with one attached hydrogen (secondary N) is 1. The van der Waals surface area contributed by atoms with Crippen molar-refractivity contribution in [2.24, 2.45) is 0 Å². The summed E-state index contributed by atoms with van der Waals surface area (Å²) in [6.07, 6.45) is 3.03. The molecule has 2 rings (SSSR count). The number of carbonyl (C=O) groups excluding carboxylic acids is 2. The number of hydrogen-bond donors (Lipinski definition) is 1. The van der Waals surface area contributed by atoms with Crippen molar-refractivity contribution >= 4 is 33.6 Å². The number of nitrogens with zero attached hydrogens (tertiary/aromatic N) is 2. The van der Waals surface area contributed by atoms with Gasteiger partial charge in [-0.05, 0) is 22.0 Å². The van der Waals surface area contributed by atoms with Gasteiger partial charge in [0.25, 0.3) is 5.91 Å². The summed E-state index contributed by atoms with van der Waals surface area (Å²) in [5, 5.41) is 2.54. The van der Waals surface area contributed by atoms with Crippen LogP contribution in [0.1, 0.15) is 0 Å². The van der Waals surface area contributed by atoms with Gasteiger partial charge < -0.3 is 10.1 Å². The van der Waals surface area contributed by atoms with Gasteiger partial charge in [0.15, 0.2) is 0 Å². The molecule has 0 spiro atoms. The topological polar surface area (TPSA) is 71.5 Å². The summed E-state index contributed by atoms with van der Waals surface area (Å²) in [6, 6.07) is 0.558. The lowest BCUT2D eigenvalue weighted by Crippen LogP contribution is -2.34. The lowest BCUT2D eigenvalue weighted by molar-refractivity contribution is -0.119. The molecule has 1 saturated heterocycles. The first-order valence-corrected chi connectivity index (χ1v) is 5.66. The van der Waals surface area contributed by atoms with E-state index >= 15 is 0 Å². The van der Waals surface area contributed by atoms with Crippen LogP contribution in [-0.2, 0) is 9.53 Å². The first-order valence-electron chi connectivity index (χ1n) is 4.87. The van der Waals surface area contributed by atoms with Crippen LogP contribution in [0.4, 0.5) is 10.5 Å². The van der Waals surface area contributed by atoms with E-state index in [0.717, 1.165) is 4.90 Å². The largest absolute Gasteiger partial charge is 0.382 e. The fourth-order valence-electron chi connectivity index (χ4n) is 1.58. The van der Waals surface area contributed by atoms with Crippen LogP contribution < -0.4 is 10.2 Å². The molecule has 0 radical (unpaired) electrons. The maximum atomic E-state index is 11.9. The van der Waals surface area contributed by atoms with Crippen LogP contribution in [0, 0.1) is 0 Å². The Balaban J connectivity index is 2.27. The highest BCUT2D eigenvalue weighted by molar-refractivity contribution is 9.10. The van der Waals surface area contributed by atoms with E-state index in [1.165, 1.54) is 13.3 Å². The van der Waals surface area contributed by atoms with Crippen LogP contribution in [0.2, 0.25) is 0 Å². The van der Waals surface area contributed by atoms with Gasteiger partial charge in [-0.25, -0.2) is 9.69 Å². The number of urea groups is 1. The average Bonchev–Trinajstić information content (AvgIpc) is 2.55. The number of imide groups is 1. The number of rotatable bonds is 3. The average molecular weight is 300 g/mol. The van der Waals surface area contributed by atoms with Gasteiger partial charge in [0, 0.05) is 17.8 Å². The molecule has 1 aromatic rings. The van der Waals surface area contributed by atoms with Crippen molar-refractivity contribution in [1.82, 2.24) is 10.3 Å². The minimum atomic E-state index is -0.633. The second kappa shape index (κ2) is 4.80. The minimum Gasteiger partial charge on any atom is -0.382 e. The van der Waals surface area contributed by atoms with E-state index in [9.17, 15) is 9.59 Å². The summed E-state index contributed by atoms with van der Waals surface area (Å²) in [5.41, 5.74) is 0.431. The first kappa shape index (κ1) is 12.0. The molecule has 0 saturated carbocycles. The summed E-state index contributed by atoms with van der Waals surface area (Å²) in [4.78, 5) is 28.6. The summed E-state index contributed by atoms with van der Waals surface area (Å²) in [5.74, 6) is -0.336. The van der Waals surface area contributed by atoms with Crippen molar-refractivity contribution in [3.8, 4) is 0 Å². The van der Waals surface area contributed by atoms with Gasteiger partial charge in [-0.1, -0.05) is 0 Å². The highest BCUT2D eigenvalue weighted by Crippen LogP contribution is 2.21. The maximum Gasteiger partial charge on any atom is 0.329 e. The molecule has 1 atom stereocenters. The standard InChI is InChI=1S/C10H10BrN3O3/c1-17-5-8-9(15)14(10(16)13-8)7-2-6(11)3-12-4-7/h2-4,8H,5H2,1H3,(H,13,16). The Labute approximate surface area is 106 Å². The lowest BCUT2D eigenvalue weighted by Gasteiger charge is -2.12. The van der Waals surface area contributed by atoms with E-state index in [1.807, 2.05) is 0 Å². The molecule has 0 aliphatic carbocycles. The molecule has 1 aliphatic heterocycles. The number of methoxy groups -OCH3 is 1. The van der Waals surface area contributed by atoms with Crippen LogP contribution in [-0.4, -0.2) is 36.7 Å². The van der Waals surface area contributed by atoms with Gasteiger partial charge in [0.2, 0.25) is 0 Å². The third kappa shape index (κ3) is 2.29. The number of carbonyl (C=O) groups is 2. The molecule has 1 N–H and O–H groups in total. The first-order chi connectivity index (χ1) is 8.13. The highest BCUT2D eigenvalue weighted by atomic mass is 79.9. The van der Waals surface area contributed by atoms with Crippen molar-refractivity contribution in [2.45, 2.75) is 6.04 Å². The van der Waals surface area contributed by atoms with Crippen LogP contribution in [0.3, 0.4) is 0 Å². The number of ether oxygens (including phenoxy) is 1. The molecular formula is C10H10BrN3O3. The van der Waals surface area contributed by atoms with Crippen LogP contribution in [0.15, 0.2) is 22.9 Å². The molecule has 1 unspecified atom stereocenters. The summed E-state index contributed by atoms with van der Waals surface area (Å²) >= 11 is 3.24. The molecule has 6 nitrogen and oxygen atoms in total. The molecule has 7 heteroatoms. The Kier molecular flexibility index (Phi) is 3.39.